The van der Waals surface area contributed by atoms with Gasteiger partial charge in [0.1, 0.15) is 0 Å². The zero-order valence-corrected chi connectivity index (χ0v) is 29.4. The summed E-state index contributed by atoms with van der Waals surface area (Å²) in [4.78, 5) is 28.8. The third kappa shape index (κ3) is 7.62. The summed E-state index contributed by atoms with van der Waals surface area (Å²) < 4.78 is 21.2. The maximum atomic E-state index is 15.0. The molecule has 0 unspecified atom stereocenters. The standard InChI is InChI=1S/C37H47N4O4PS/c1-36-27-47-32(37(36,2)41-35(43)40-36)23-13-14-24-33(42)39-25-15-6-16-26-45-34(38-3)30-21-11-12-22-31(30)46(44,28-17-7-4-8-18-28)29-19-9-5-10-20-29/h4-5,7-12,17-22,32H,6,13-16,23-27H2,1-3H3,(H,39,42)(H2,40,41,43)/t32-,36-,37+/m0/s1. The van der Waals surface area contributed by atoms with Crippen molar-refractivity contribution in [3.8, 4) is 0 Å². The highest BCUT2D eigenvalue weighted by atomic mass is 32.2. The van der Waals surface area contributed by atoms with E-state index in [9.17, 15) is 9.59 Å². The van der Waals surface area contributed by atoms with Crippen LogP contribution in [0.1, 0.15) is 64.4 Å². The van der Waals surface area contributed by atoms with E-state index in [-0.39, 0.29) is 23.0 Å². The third-order valence-corrected chi connectivity index (χ3v) is 14.5. The molecule has 3 atom stereocenters. The van der Waals surface area contributed by atoms with Crippen LogP contribution in [0.25, 0.3) is 0 Å². The third-order valence-electron chi connectivity index (χ3n) is 9.54. The van der Waals surface area contributed by atoms with Crippen molar-refractivity contribution >= 4 is 52.7 Å². The SMILES string of the molecule is CN=C(OCCCCCNC(=O)CCCC[C@@H]1SC[C@]2(C)NC(=O)N[C@]12C)c1ccccc1P(=O)(c1ccccc1)c1ccccc1. The Hall–Kier alpha value is -3.55. The summed E-state index contributed by atoms with van der Waals surface area (Å²) in [5.41, 5.74) is 0.268. The summed E-state index contributed by atoms with van der Waals surface area (Å²) in [5.74, 6) is 1.47. The Balaban J connectivity index is 1.05. The molecule has 5 rings (SSSR count). The second-order valence-electron chi connectivity index (χ2n) is 12.7. The Morgan fingerprint density at radius 3 is 2.26 bits per heavy atom. The van der Waals surface area contributed by atoms with Gasteiger partial charge in [0.15, 0.2) is 7.14 Å². The predicted molar refractivity (Wildman–Crippen MR) is 194 cm³/mol. The molecule has 0 spiro atoms. The van der Waals surface area contributed by atoms with Crippen molar-refractivity contribution < 1.29 is 18.9 Å². The molecule has 2 aliphatic heterocycles. The molecule has 10 heteroatoms. The number of aliphatic imine (C=N–C) groups is 1. The smallest absolute Gasteiger partial charge is 0.315 e. The number of hydrogen-bond donors (Lipinski definition) is 3. The molecule has 3 N–H and O–H groups in total. The molecule has 3 aromatic carbocycles. The van der Waals surface area contributed by atoms with Crippen molar-refractivity contribution in [2.75, 3.05) is 26.0 Å². The maximum Gasteiger partial charge on any atom is 0.315 e. The molecule has 2 fully saturated rings. The minimum atomic E-state index is -3.19. The number of nitrogens with one attached hydrogen (secondary N) is 3. The topological polar surface area (TPSA) is 109 Å². The van der Waals surface area contributed by atoms with Crippen molar-refractivity contribution in [2.24, 2.45) is 4.99 Å². The quantitative estimate of drug-likeness (QED) is 0.0648. The number of carbonyl (C=O) groups is 2. The molecule has 0 radical (unpaired) electrons. The van der Waals surface area contributed by atoms with Crippen LogP contribution in [0.15, 0.2) is 89.9 Å². The molecular weight excluding hydrogens is 627 g/mol. The van der Waals surface area contributed by atoms with Crippen molar-refractivity contribution in [1.29, 1.82) is 0 Å². The van der Waals surface area contributed by atoms with Gasteiger partial charge in [-0.2, -0.15) is 11.8 Å². The molecule has 2 heterocycles. The Morgan fingerprint density at radius 2 is 1.57 bits per heavy atom. The number of fused-ring (bicyclic) bond motifs is 1. The normalized spacial score (nSPS) is 22.3. The van der Waals surface area contributed by atoms with E-state index in [1.807, 2.05) is 96.7 Å². The lowest BCUT2D eigenvalue weighted by Crippen LogP contribution is -2.58. The Bertz CT molecular complexity index is 1560. The molecule has 250 valence electrons. The zero-order valence-electron chi connectivity index (χ0n) is 27.7. The summed E-state index contributed by atoms with van der Waals surface area (Å²) in [6, 6.07) is 26.8. The van der Waals surface area contributed by atoms with Crippen molar-refractivity contribution in [3.05, 3.63) is 90.5 Å². The van der Waals surface area contributed by atoms with Crippen molar-refractivity contribution in [1.82, 2.24) is 16.0 Å². The Labute approximate surface area is 283 Å². The number of thioether (sulfide) groups is 1. The number of hydrogen-bond acceptors (Lipinski definition) is 6. The summed E-state index contributed by atoms with van der Waals surface area (Å²) >= 11 is 1.91. The zero-order chi connectivity index (χ0) is 33.3. The number of urea groups is 1. The predicted octanol–water partition coefficient (Wildman–Crippen LogP) is 5.51. The number of benzene rings is 3. The van der Waals surface area contributed by atoms with Gasteiger partial charge in [0, 0.05) is 52.5 Å². The van der Waals surface area contributed by atoms with Gasteiger partial charge in [-0.1, -0.05) is 85.3 Å². The largest absolute Gasteiger partial charge is 0.477 e. The second-order valence-corrected chi connectivity index (χ2v) is 16.7. The summed E-state index contributed by atoms with van der Waals surface area (Å²) in [6.07, 6.45) is 5.88. The average Bonchev–Trinajstić information content (AvgIpc) is 3.47. The highest BCUT2D eigenvalue weighted by Crippen LogP contribution is 2.47. The molecule has 3 amide bonds. The molecule has 0 aliphatic carbocycles. The van der Waals surface area contributed by atoms with E-state index in [0.717, 1.165) is 60.5 Å². The van der Waals surface area contributed by atoms with Crippen LogP contribution in [-0.2, 0) is 14.1 Å². The summed E-state index contributed by atoms with van der Waals surface area (Å²) in [6.45, 7) is 5.37. The van der Waals surface area contributed by atoms with Gasteiger partial charge in [-0.25, -0.2) is 4.79 Å². The maximum absolute atomic E-state index is 15.0. The van der Waals surface area contributed by atoms with E-state index in [0.29, 0.717) is 36.0 Å². The van der Waals surface area contributed by atoms with E-state index in [4.69, 9.17) is 4.74 Å². The van der Waals surface area contributed by atoms with Crippen LogP contribution in [0.4, 0.5) is 4.79 Å². The van der Waals surface area contributed by atoms with Crippen molar-refractivity contribution in [2.45, 2.75) is 75.1 Å². The first-order valence-corrected chi connectivity index (χ1v) is 19.4. The molecule has 3 aromatic rings. The number of unbranched alkanes of at least 4 members (excludes halogenated alkanes) is 3. The monoisotopic (exact) mass is 674 g/mol. The molecule has 2 saturated heterocycles. The van der Waals surface area contributed by atoms with Crippen LogP contribution in [0, 0.1) is 0 Å². The van der Waals surface area contributed by atoms with Gasteiger partial charge in [-0.3, -0.25) is 9.79 Å². The molecule has 47 heavy (non-hydrogen) atoms. The molecular formula is C37H47N4O4PS. The van der Waals surface area contributed by atoms with E-state index in [1.165, 1.54) is 0 Å². The average molecular weight is 675 g/mol. The van der Waals surface area contributed by atoms with Crippen LogP contribution in [0.3, 0.4) is 0 Å². The second kappa shape index (κ2) is 15.6. The van der Waals surface area contributed by atoms with Crippen LogP contribution >= 0.6 is 18.9 Å². The number of nitrogens with zero attached hydrogens (tertiary/aromatic N) is 1. The van der Waals surface area contributed by atoms with Crippen LogP contribution in [0.2, 0.25) is 0 Å². The molecule has 0 saturated carbocycles. The van der Waals surface area contributed by atoms with Gasteiger partial charge in [0.25, 0.3) is 0 Å². The fourth-order valence-electron chi connectivity index (χ4n) is 6.61. The molecule has 0 bridgehead atoms. The van der Waals surface area contributed by atoms with Crippen molar-refractivity contribution in [3.63, 3.8) is 0 Å². The van der Waals surface area contributed by atoms with Crippen LogP contribution in [0.5, 0.6) is 0 Å². The van der Waals surface area contributed by atoms with Gasteiger partial charge in [0.2, 0.25) is 11.8 Å². The summed E-state index contributed by atoms with van der Waals surface area (Å²) in [7, 11) is -1.49. The highest BCUT2D eigenvalue weighted by molar-refractivity contribution is 8.00. The summed E-state index contributed by atoms with van der Waals surface area (Å²) in [5, 5.41) is 11.9. The van der Waals surface area contributed by atoms with Gasteiger partial charge in [-0.15, -0.1) is 0 Å². The first kappa shape index (κ1) is 34.8. The number of ether oxygens (including phenoxy) is 1. The fraction of sp³-hybridized carbons (Fsp3) is 0.432. The van der Waals surface area contributed by atoms with E-state index in [1.54, 1.807) is 7.05 Å². The van der Waals surface area contributed by atoms with Crippen LogP contribution in [-0.4, -0.2) is 60.1 Å². The van der Waals surface area contributed by atoms with Gasteiger partial charge in [-0.05, 0) is 52.0 Å². The van der Waals surface area contributed by atoms with E-state index < -0.39 is 7.14 Å². The number of rotatable bonds is 15. The minimum absolute atomic E-state index is 0.0790. The van der Waals surface area contributed by atoms with Gasteiger partial charge >= 0.3 is 6.03 Å². The lowest BCUT2D eigenvalue weighted by molar-refractivity contribution is -0.121. The van der Waals surface area contributed by atoms with E-state index >= 15 is 4.57 Å². The number of carbonyl (C=O) groups excluding carboxylic acids is 2. The lowest BCUT2D eigenvalue weighted by Gasteiger charge is -2.35. The minimum Gasteiger partial charge on any atom is -0.477 e. The highest BCUT2D eigenvalue weighted by Gasteiger charge is 2.60. The van der Waals surface area contributed by atoms with E-state index in [2.05, 4.69) is 34.8 Å². The Kier molecular flexibility index (Phi) is 11.5. The van der Waals surface area contributed by atoms with Crippen LogP contribution < -0.4 is 31.9 Å². The van der Waals surface area contributed by atoms with Gasteiger partial charge in [0.05, 0.1) is 17.7 Å². The number of amides is 3. The first-order valence-electron chi connectivity index (χ1n) is 16.6. The van der Waals surface area contributed by atoms with Gasteiger partial charge < -0.3 is 25.3 Å². The molecule has 2 aliphatic rings. The fourth-order valence-corrected chi connectivity index (χ4v) is 11.3. The molecule has 8 nitrogen and oxygen atoms in total. The molecule has 0 aromatic heterocycles. The first-order chi connectivity index (χ1) is 22.7. The Morgan fingerprint density at radius 1 is 0.915 bits per heavy atom. The lowest BCUT2D eigenvalue weighted by atomic mass is 9.79.